The van der Waals surface area contributed by atoms with Crippen LogP contribution in [-0.2, 0) is 14.8 Å². The number of carbonyl (C=O) groups is 1. The number of nitrogens with zero attached hydrogens (tertiary/aromatic N) is 1. The molecular formula is C21H18Cl2N2O4S. The van der Waals surface area contributed by atoms with Crippen molar-refractivity contribution in [2.75, 3.05) is 22.4 Å². The molecule has 0 atom stereocenters. The van der Waals surface area contributed by atoms with Crippen LogP contribution in [-0.4, -0.2) is 27.1 Å². The van der Waals surface area contributed by atoms with Gasteiger partial charge in [-0.3, -0.25) is 9.10 Å². The first-order valence-corrected chi connectivity index (χ1v) is 11.4. The van der Waals surface area contributed by atoms with Gasteiger partial charge in [-0.25, -0.2) is 8.42 Å². The lowest BCUT2D eigenvalue weighted by Crippen LogP contribution is -2.37. The summed E-state index contributed by atoms with van der Waals surface area (Å²) in [6, 6.07) is 20.1. The van der Waals surface area contributed by atoms with Crippen LogP contribution in [0.15, 0.2) is 72.8 Å². The van der Waals surface area contributed by atoms with Gasteiger partial charge in [-0.1, -0.05) is 53.5 Å². The number of ether oxygens (including phenoxy) is 1. The highest BCUT2D eigenvalue weighted by Crippen LogP contribution is 2.33. The summed E-state index contributed by atoms with van der Waals surface area (Å²) in [5, 5.41) is 3.26. The van der Waals surface area contributed by atoms with Crippen LogP contribution >= 0.6 is 23.2 Å². The third-order valence-electron chi connectivity index (χ3n) is 4.00. The fourth-order valence-electron chi connectivity index (χ4n) is 2.66. The molecule has 0 spiro atoms. The highest BCUT2D eigenvalue weighted by Gasteiger charge is 2.24. The molecule has 6 nitrogen and oxygen atoms in total. The van der Waals surface area contributed by atoms with Gasteiger partial charge in [-0.2, -0.15) is 0 Å². The Bertz CT molecular complexity index is 1150. The van der Waals surface area contributed by atoms with E-state index in [9.17, 15) is 13.2 Å². The average Bonchev–Trinajstić information content (AvgIpc) is 2.69. The Kier molecular flexibility index (Phi) is 6.87. The molecule has 0 saturated heterocycles. The van der Waals surface area contributed by atoms with Crippen molar-refractivity contribution in [1.29, 1.82) is 0 Å². The van der Waals surface area contributed by atoms with Crippen LogP contribution in [0, 0.1) is 0 Å². The smallest absolute Gasteiger partial charge is 0.245 e. The van der Waals surface area contributed by atoms with Crippen molar-refractivity contribution in [1.82, 2.24) is 0 Å². The molecule has 30 heavy (non-hydrogen) atoms. The van der Waals surface area contributed by atoms with Crippen molar-refractivity contribution in [3.05, 3.63) is 82.8 Å². The number of para-hydroxylation sites is 3. The molecule has 0 fully saturated rings. The van der Waals surface area contributed by atoms with Crippen molar-refractivity contribution in [2.24, 2.45) is 0 Å². The number of hydrogen-bond donors (Lipinski definition) is 1. The molecule has 0 heterocycles. The van der Waals surface area contributed by atoms with Gasteiger partial charge in [0.15, 0.2) is 5.75 Å². The first-order valence-electron chi connectivity index (χ1n) is 8.78. The predicted molar refractivity (Wildman–Crippen MR) is 120 cm³/mol. The Morgan fingerprint density at radius 2 is 1.67 bits per heavy atom. The number of nitrogens with one attached hydrogen (secondary N) is 1. The molecule has 3 aromatic rings. The van der Waals surface area contributed by atoms with E-state index in [0.717, 1.165) is 10.6 Å². The topological polar surface area (TPSA) is 75.7 Å². The fourth-order valence-corrected chi connectivity index (χ4v) is 3.86. The number of hydrogen-bond acceptors (Lipinski definition) is 4. The monoisotopic (exact) mass is 464 g/mol. The minimum absolute atomic E-state index is 0.233. The number of amides is 1. The van der Waals surface area contributed by atoms with Gasteiger partial charge in [0.2, 0.25) is 15.9 Å². The normalized spacial score (nSPS) is 11.0. The van der Waals surface area contributed by atoms with E-state index in [2.05, 4.69) is 5.32 Å². The van der Waals surface area contributed by atoms with Gasteiger partial charge in [0.05, 0.1) is 22.7 Å². The van der Waals surface area contributed by atoms with Crippen molar-refractivity contribution in [3.63, 3.8) is 0 Å². The van der Waals surface area contributed by atoms with E-state index in [-0.39, 0.29) is 16.4 Å². The van der Waals surface area contributed by atoms with Crippen molar-refractivity contribution in [3.8, 4) is 11.5 Å². The predicted octanol–water partition coefficient (Wildman–Crippen LogP) is 5.19. The maximum atomic E-state index is 12.6. The molecular weight excluding hydrogens is 447 g/mol. The van der Waals surface area contributed by atoms with E-state index < -0.39 is 22.5 Å². The fraction of sp³-hybridized carbons (Fsp3) is 0.0952. The maximum absolute atomic E-state index is 12.6. The van der Waals surface area contributed by atoms with Gasteiger partial charge in [-0.05, 0) is 42.5 Å². The van der Waals surface area contributed by atoms with Crippen LogP contribution in [0.5, 0.6) is 11.5 Å². The third-order valence-corrected chi connectivity index (χ3v) is 5.69. The minimum Gasteiger partial charge on any atom is -0.455 e. The summed E-state index contributed by atoms with van der Waals surface area (Å²) in [6.45, 7) is -0.475. The standard InChI is InChI=1S/C21H18Cl2N2O4S/c1-30(27,28)25(14-21(26)24-18-13-15(22)11-12-17(18)23)19-9-5-6-10-20(19)29-16-7-3-2-4-8-16/h2-13H,14H2,1H3,(H,24,26). The molecule has 1 N–H and O–H groups in total. The Hall–Kier alpha value is -2.74. The summed E-state index contributed by atoms with van der Waals surface area (Å²) in [7, 11) is -3.80. The van der Waals surface area contributed by atoms with E-state index >= 15 is 0 Å². The summed E-state index contributed by atoms with van der Waals surface area (Å²) < 4.78 is 31.8. The summed E-state index contributed by atoms with van der Waals surface area (Å²) >= 11 is 12.0. The summed E-state index contributed by atoms with van der Waals surface area (Å²) in [4.78, 5) is 12.6. The third kappa shape index (κ3) is 5.66. The van der Waals surface area contributed by atoms with E-state index in [1.165, 1.54) is 12.1 Å². The number of anilines is 2. The van der Waals surface area contributed by atoms with Crippen LogP contribution < -0.4 is 14.4 Å². The van der Waals surface area contributed by atoms with Gasteiger partial charge < -0.3 is 10.1 Å². The van der Waals surface area contributed by atoms with Crippen LogP contribution in [0.4, 0.5) is 11.4 Å². The highest BCUT2D eigenvalue weighted by atomic mass is 35.5. The van der Waals surface area contributed by atoms with E-state index in [1.54, 1.807) is 54.6 Å². The van der Waals surface area contributed by atoms with Crippen molar-refractivity contribution < 1.29 is 17.9 Å². The molecule has 0 unspecified atom stereocenters. The molecule has 1 amide bonds. The first-order chi connectivity index (χ1) is 14.2. The van der Waals surface area contributed by atoms with E-state index in [1.807, 2.05) is 6.07 Å². The number of carbonyl (C=O) groups excluding carboxylic acids is 1. The molecule has 156 valence electrons. The number of benzene rings is 3. The average molecular weight is 465 g/mol. The number of sulfonamides is 1. The minimum atomic E-state index is -3.80. The van der Waals surface area contributed by atoms with Gasteiger partial charge >= 0.3 is 0 Å². The molecule has 0 aliphatic carbocycles. The molecule has 9 heteroatoms. The second kappa shape index (κ2) is 9.38. The lowest BCUT2D eigenvalue weighted by Gasteiger charge is -2.24. The van der Waals surface area contributed by atoms with Gasteiger partial charge in [0, 0.05) is 5.02 Å². The Morgan fingerprint density at radius 3 is 2.37 bits per heavy atom. The van der Waals surface area contributed by atoms with Crippen LogP contribution in [0.25, 0.3) is 0 Å². The van der Waals surface area contributed by atoms with Crippen molar-refractivity contribution in [2.45, 2.75) is 0 Å². The van der Waals surface area contributed by atoms with Gasteiger partial charge in [-0.15, -0.1) is 0 Å². The molecule has 0 aromatic heterocycles. The summed E-state index contributed by atoms with van der Waals surface area (Å²) in [5.74, 6) is 0.246. The van der Waals surface area contributed by atoms with E-state index in [4.69, 9.17) is 27.9 Å². The zero-order valence-electron chi connectivity index (χ0n) is 15.9. The van der Waals surface area contributed by atoms with Crippen molar-refractivity contribution >= 4 is 50.5 Å². The van der Waals surface area contributed by atoms with Crippen LogP contribution in [0.1, 0.15) is 0 Å². The largest absolute Gasteiger partial charge is 0.455 e. The van der Waals surface area contributed by atoms with Crippen LogP contribution in [0.2, 0.25) is 10.0 Å². The number of halogens is 2. The quantitative estimate of drug-likeness (QED) is 0.521. The lowest BCUT2D eigenvalue weighted by molar-refractivity contribution is -0.114. The summed E-state index contributed by atoms with van der Waals surface area (Å²) in [6.07, 6.45) is 1.02. The van der Waals surface area contributed by atoms with Crippen LogP contribution in [0.3, 0.4) is 0 Å². The second-order valence-electron chi connectivity index (χ2n) is 6.32. The SMILES string of the molecule is CS(=O)(=O)N(CC(=O)Nc1cc(Cl)ccc1Cl)c1ccccc1Oc1ccccc1. The highest BCUT2D eigenvalue weighted by molar-refractivity contribution is 7.92. The second-order valence-corrected chi connectivity index (χ2v) is 9.08. The van der Waals surface area contributed by atoms with Gasteiger partial charge in [0.1, 0.15) is 12.3 Å². The zero-order chi connectivity index (χ0) is 21.7. The Morgan fingerprint density at radius 1 is 1.00 bits per heavy atom. The molecule has 0 saturated carbocycles. The number of rotatable bonds is 7. The molecule has 0 aliphatic heterocycles. The zero-order valence-corrected chi connectivity index (χ0v) is 18.2. The molecule has 0 aliphatic rings. The molecule has 0 bridgehead atoms. The Labute approximate surface area is 185 Å². The van der Waals surface area contributed by atoms with E-state index in [0.29, 0.717) is 16.5 Å². The molecule has 3 aromatic carbocycles. The lowest BCUT2D eigenvalue weighted by atomic mass is 10.2. The molecule has 3 rings (SSSR count). The molecule has 0 radical (unpaired) electrons. The summed E-state index contributed by atoms with van der Waals surface area (Å²) in [5.41, 5.74) is 0.521. The van der Waals surface area contributed by atoms with Gasteiger partial charge in [0.25, 0.3) is 0 Å². The maximum Gasteiger partial charge on any atom is 0.245 e. The first kappa shape index (κ1) is 22.0. The Balaban J connectivity index is 1.89.